The summed E-state index contributed by atoms with van der Waals surface area (Å²) in [6.07, 6.45) is 4.32. The van der Waals surface area contributed by atoms with Crippen molar-refractivity contribution in [2.24, 2.45) is 0 Å². The summed E-state index contributed by atoms with van der Waals surface area (Å²) in [6, 6.07) is 3.78. The second kappa shape index (κ2) is 7.25. The number of amides is 1. The minimum Gasteiger partial charge on any atom is -0.427 e. The van der Waals surface area contributed by atoms with Crippen LogP contribution in [0, 0.1) is 6.92 Å². The van der Waals surface area contributed by atoms with E-state index in [0.29, 0.717) is 23.8 Å². The van der Waals surface area contributed by atoms with Crippen LogP contribution in [-0.4, -0.2) is 16.1 Å². The number of nitrogens with zero attached hydrogens (tertiary/aromatic N) is 1. The second-order valence-corrected chi connectivity index (χ2v) is 6.96. The summed E-state index contributed by atoms with van der Waals surface area (Å²) in [5, 5.41) is 9.96. The molecule has 0 aromatic carbocycles. The van der Waals surface area contributed by atoms with Crippen LogP contribution in [0.4, 0.5) is 0 Å². The van der Waals surface area contributed by atoms with Gasteiger partial charge < -0.3 is 9.73 Å². The molecule has 2 heterocycles. The lowest BCUT2D eigenvalue weighted by Crippen LogP contribution is -2.29. The molecule has 0 bridgehead atoms. The summed E-state index contributed by atoms with van der Waals surface area (Å²) < 4.78 is 5.38. The molecule has 1 amide bonds. The van der Waals surface area contributed by atoms with Gasteiger partial charge in [0, 0.05) is 11.8 Å². The maximum absolute atomic E-state index is 12.4. The van der Waals surface area contributed by atoms with Crippen LogP contribution >= 0.6 is 0 Å². The average molecular weight is 343 g/mol. The highest BCUT2D eigenvalue weighted by molar-refractivity contribution is 5.95. The van der Waals surface area contributed by atoms with Crippen molar-refractivity contribution in [3.8, 4) is 0 Å². The van der Waals surface area contributed by atoms with Gasteiger partial charge in [-0.1, -0.05) is 20.3 Å². The van der Waals surface area contributed by atoms with Crippen molar-refractivity contribution in [3.05, 3.63) is 50.8 Å². The molecule has 1 fully saturated rings. The van der Waals surface area contributed by atoms with E-state index < -0.39 is 11.5 Å². The Bertz CT molecular complexity index is 818. The molecule has 6 nitrogen and oxygen atoms in total. The number of hydrogen-bond donors (Lipinski definition) is 2. The predicted molar refractivity (Wildman–Crippen MR) is 94.8 cm³/mol. The van der Waals surface area contributed by atoms with Gasteiger partial charge in [0.15, 0.2) is 0 Å². The first-order chi connectivity index (χ1) is 12.0. The van der Waals surface area contributed by atoms with E-state index >= 15 is 0 Å². The molecule has 1 aliphatic rings. The molecule has 1 unspecified atom stereocenters. The quantitative estimate of drug-likeness (QED) is 0.806. The van der Waals surface area contributed by atoms with Crippen LogP contribution in [0.15, 0.2) is 21.3 Å². The van der Waals surface area contributed by atoms with Gasteiger partial charge in [-0.2, -0.15) is 5.10 Å². The molecule has 0 aliphatic heterocycles. The molecule has 134 valence electrons. The van der Waals surface area contributed by atoms with Crippen LogP contribution in [0.5, 0.6) is 0 Å². The minimum atomic E-state index is -0.571. The molecule has 1 aliphatic carbocycles. The van der Waals surface area contributed by atoms with Gasteiger partial charge in [0.05, 0.1) is 17.9 Å². The molecule has 6 heteroatoms. The van der Waals surface area contributed by atoms with Gasteiger partial charge in [0.1, 0.15) is 11.3 Å². The van der Waals surface area contributed by atoms with Crippen LogP contribution in [0.1, 0.15) is 84.4 Å². The number of hydrogen-bond acceptors (Lipinski definition) is 4. The van der Waals surface area contributed by atoms with Crippen LogP contribution in [0.25, 0.3) is 0 Å². The van der Waals surface area contributed by atoms with E-state index in [0.717, 1.165) is 24.2 Å². The lowest BCUT2D eigenvalue weighted by atomic mass is 10.0. The van der Waals surface area contributed by atoms with Crippen LogP contribution in [0.3, 0.4) is 0 Å². The van der Waals surface area contributed by atoms with Crippen molar-refractivity contribution >= 4 is 5.91 Å². The summed E-state index contributed by atoms with van der Waals surface area (Å²) in [7, 11) is 0. The Morgan fingerprint density at radius 3 is 2.84 bits per heavy atom. The van der Waals surface area contributed by atoms with E-state index in [1.54, 1.807) is 13.0 Å². The third-order valence-corrected chi connectivity index (χ3v) is 4.69. The minimum absolute atomic E-state index is 0.0781. The number of H-pyrrole nitrogens is 1. The fourth-order valence-electron chi connectivity index (χ4n) is 3.05. The Hall–Kier alpha value is -2.37. The van der Waals surface area contributed by atoms with Crippen molar-refractivity contribution in [1.82, 2.24) is 15.5 Å². The van der Waals surface area contributed by atoms with Crippen LogP contribution in [0.2, 0.25) is 0 Å². The average Bonchev–Trinajstić information content (AvgIpc) is 3.31. The SMILES string of the molecule is CCCC(C)c1cc(C)c(C(=O)NCc2cc(C3CC3)n[nH]2)c(=O)o1. The van der Waals surface area contributed by atoms with Crippen LogP contribution in [-0.2, 0) is 6.54 Å². The first kappa shape index (κ1) is 17.5. The van der Waals surface area contributed by atoms with E-state index in [1.807, 2.05) is 13.0 Å². The van der Waals surface area contributed by atoms with E-state index in [1.165, 1.54) is 12.8 Å². The largest absolute Gasteiger partial charge is 0.427 e. The van der Waals surface area contributed by atoms with Gasteiger partial charge in [-0.15, -0.1) is 0 Å². The first-order valence-electron chi connectivity index (χ1n) is 8.96. The molecule has 2 aromatic heterocycles. The topological polar surface area (TPSA) is 88.0 Å². The van der Waals surface area contributed by atoms with E-state index in [4.69, 9.17) is 4.42 Å². The maximum atomic E-state index is 12.4. The van der Waals surface area contributed by atoms with Gasteiger partial charge in [0.25, 0.3) is 5.91 Å². The standard InChI is InChI=1S/C19H25N3O3/c1-4-5-11(2)16-8-12(3)17(19(24)25-16)18(23)20-10-14-9-15(22-21-14)13-6-7-13/h8-9,11,13H,4-7,10H2,1-3H3,(H,20,23)(H,21,22). The van der Waals surface area contributed by atoms with Gasteiger partial charge in [-0.25, -0.2) is 4.79 Å². The zero-order valence-electron chi connectivity index (χ0n) is 15.0. The third-order valence-electron chi connectivity index (χ3n) is 4.69. The van der Waals surface area contributed by atoms with Crippen molar-refractivity contribution in [1.29, 1.82) is 0 Å². The molecule has 0 radical (unpaired) electrons. The van der Waals surface area contributed by atoms with Gasteiger partial charge in [-0.3, -0.25) is 9.89 Å². The summed E-state index contributed by atoms with van der Waals surface area (Å²) in [6.45, 7) is 6.20. The van der Waals surface area contributed by atoms with E-state index in [-0.39, 0.29) is 11.5 Å². The van der Waals surface area contributed by atoms with Crippen molar-refractivity contribution in [2.75, 3.05) is 0 Å². The molecule has 2 N–H and O–H groups in total. The molecule has 0 spiro atoms. The number of aryl methyl sites for hydroxylation is 1. The Balaban J connectivity index is 1.69. The molecule has 1 saturated carbocycles. The Morgan fingerprint density at radius 2 is 2.20 bits per heavy atom. The number of nitrogens with one attached hydrogen (secondary N) is 2. The molecular formula is C19H25N3O3. The fraction of sp³-hybridized carbons (Fsp3) is 0.526. The lowest BCUT2D eigenvalue weighted by molar-refractivity contribution is 0.0945. The van der Waals surface area contributed by atoms with Gasteiger partial charge in [0.2, 0.25) is 0 Å². The number of carbonyl (C=O) groups excluding carboxylic acids is 1. The Labute approximate surface area is 147 Å². The second-order valence-electron chi connectivity index (χ2n) is 6.96. The number of aromatic amines is 1. The Morgan fingerprint density at radius 1 is 1.44 bits per heavy atom. The molecule has 25 heavy (non-hydrogen) atoms. The summed E-state index contributed by atoms with van der Waals surface area (Å²) in [4.78, 5) is 24.7. The lowest BCUT2D eigenvalue weighted by Gasteiger charge is -2.11. The monoisotopic (exact) mass is 343 g/mol. The van der Waals surface area contributed by atoms with Crippen LogP contribution < -0.4 is 10.9 Å². The van der Waals surface area contributed by atoms with Crippen molar-refractivity contribution < 1.29 is 9.21 Å². The summed E-state index contributed by atoms with van der Waals surface area (Å²) in [5.74, 6) is 0.957. The zero-order chi connectivity index (χ0) is 18.0. The Kier molecular flexibility index (Phi) is 5.06. The predicted octanol–water partition coefficient (Wildman–Crippen LogP) is 3.38. The van der Waals surface area contributed by atoms with E-state index in [9.17, 15) is 9.59 Å². The smallest absolute Gasteiger partial charge is 0.349 e. The highest BCUT2D eigenvalue weighted by Gasteiger charge is 2.26. The highest BCUT2D eigenvalue weighted by atomic mass is 16.4. The highest BCUT2D eigenvalue weighted by Crippen LogP contribution is 2.38. The molecule has 1 atom stereocenters. The molecular weight excluding hydrogens is 318 g/mol. The fourth-order valence-corrected chi connectivity index (χ4v) is 3.05. The first-order valence-corrected chi connectivity index (χ1v) is 8.96. The maximum Gasteiger partial charge on any atom is 0.349 e. The van der Waals surface area contributed by atoms with Gasteiger partial charge in [-0.05, 0) is 43.9 Å². The van der Waals surface area contributed by atoms with Crippen molar-refractivity contribution in [3.63, 3.8) is 0 Å². The number of aromatic nitrogens is 2. The normalized spacial score (nSPS) is 15.2. The third kappa shape index (κ3) is 4.00. The number of rotatable bonds is 7. The van der Waals surface area contributed by atoms with Crippen molar-refractivity contribution in [2.45, 2.75) is 64.8 Å². The summed E-state index contributed by atoms with van der Waals surface area (Å²) in [5.41, 5.74) is 2.04. The summed E-state index contributed by atoms with van der Waals surface area (Å²) >= 11 is 0. The molecule has 3 rings (SSSR count). The van der Waals surface area contributed by atoms with E-state index in [2.05, 4.69) is 22.4 Å². The van der Waals surface area contributed by atoms with Gasteiger partial charge >= 0.3 is 5.63 Å². The molecule has 0 saturated heterocycles. The molecule has 2 aromatic rings. The zero-order valence-corrected chi connectivity index (χ0v) is 15.0. The number of carbonyl (C=O) groups is 1.